The zero-order valence-corrected chi connectivity index (χ0v) is 12.8. The smallest absolute Gasteiger partial charge is 0.266 e. The summed E-state index contributed by atoms with van der Waals surface area (Å²) < 4.78 is 1.58. The standard InChI is InChI=1S/C17H13N3OS/c1-12-5-4-6-13(11-12)20-16(21)14-7-2-3-8-15(14)19-17(20)22-10-9-18/h2-8,11H,10H2,1H3. The summed E-state index contributed by atoms with van der Waals surface area (Å²) in [6.45, 7) is 1.98. The van der Waals surface area contributed by atoms with Crippen molar-refractivity contribution < 1.29 is 0 Å². The summed E-state index contributed by atoms with van der Waals surface area (Å²) in [6.07, 6.45) is 0. The van der Waals surface area contributed by atoms with Gasteiger partial charge in [-0.1, -0.05) is 36.0 Å². The van der Waals surface area contributed by atoms with E-state index >= 15 is 0 Å². The van der Waals surface area contributed by atoms with Crippen molar-refractivity contribution in [2.24, 2.45) is 0 Å². The predicted molar refractivity (Wildman–Crippen MR) is 88.4 cm³/mol. The molecule has 0 unspecified atom stereocenters. The molecule has 3 rings (SSSR count). The first-order valence-corrected chi connectivity index (χ1v) is 7.78. The molecule has 0 aliphatic carbocycles. The normalized spacial score (nSPS) is 10.5. The molecule has 108 valence electrons. The van der Waals surface area contributed by atoms with E-state index in [1.165, 1.54) is 11.8 Å². The number of benzene rings is 2. The molecule has 2 aromatic carbocycles. The van der Waals surface area contributed by atoms with Crippen LogP contribution in [-0.2, 0) is 0 Å². The fourth-order valence-corrected chi connectivity index (χ4v) is 2.97. The predicted octanol–water partition coefficient (Wildman–Crippen LogP) is 3.31. The topological polar surface area (TPSA) is 58.7 Å². The number of para-hydroxylation sites is 1. The second kappa shape index (κ2) is 6.04. The molecular formula is C17H13N3OS. The lowest BCUT2D eigenvalue weighted by molar-refractivity contribution is 0.820. The van der Waals surface area contributed by atoms with Crippen molar-refractivity contribution in [3.8, 4) is 11.8 Å². The highest BCUT2D eigenvalue weighted by Gasteiger charge is 2.13. The van der Waals surface area contributed by atoms with Gasteiger partial charge in [-0.3, -0.25) is 9.36 Å². The van der Waals surface area contributed by atoms with Gasteiger partial charge >= 0.3 is 0 Å². The lowest BCUT2D eigenvalue weighted by Crippen LogP contribution is -2.21. The van der Waals surface area contributed by atoms with Crippen LogP contribution >= 0.6 is 11.8 Å². The number of fused-ring (bicyclic) bond motifs is 1. The highest BCUT2D eigenvalue weighted by Crippen LogP contribution is 2.21. The molecule has 0 aliphatic rings. The summed E-state index contributed by atoms with van der Waals surface area (Å²) in [4.78, 5) is 17.4. The van der Waals surface area contributed by atoms with Gasteiger partial charge in [-0.05, 0) is 36.8 Å². The van der Waals surface area contributed by atoms with E-state index in [0.29, 0.717) is 16.1 Å². The molecule has 0 amide bonds. The van der Waals surface area contributed by atoms with Crippen molar-refractivity contribution in [3.05, 3.63) is 64.4 Å². The fraction of sp³-hybridized carbons (Fsp3) is 0.118. The first-order valence-electron chi connectivity index (χ1n) is 6.79. The van der Waals surface area contributed by atoms with Crippen LogP contribution in [0.5, 0.6) is 0 Å². The highest BCUT2D eigenvalue weighted by molar-refractivity contribution is 7.99. The minimum absolute atomic E-state index is 0.114. The number of thioether (sulfide) groups is 1. The van der Waals surface area contributed by atoms with E-state index in [0.717, 1.165) is 11.3 Å². The third-order valence-corrected chi connectivity index (χ3v) is 4.08. The number of hydrogen-bond donors (Lipinski definition) is 0. The fourth-order valence-electron chi connectivity index (χ4n) is 2.30. The molecule has 4 nitrogen and oxygen atoms in total. The van der Waals surface area contributed by atoms with E-state index in [-0.39, 0.29) is 11.3 Å². The Balaban J connectivity index is 2.32. The van der Waals surface area contributed by atoms with Crippen LogP contribution in [0.2, 0.25) is 0 Å². The van der Waals surface area contributed by atoms with Gasteiger partial charge < -0.3 is 0 Å². The molecule has 3 aromatic rings. The second-order valence-corrected chi connectivity index (χ2v) is 5.78. The Morgan fingerprint density at radius 2 is 2.05 bits per heavy atom. The average Bonchev–Trinajstić information content (AvgIpc) is 2.53. The van der Waals surface area contributed by atoms with Crippen molar-refractivity contribution in [3.63, 3.8) is 0 Å². The van der Waals surface area contributed by atoms with E-state index in [1.54, 1.807) is 10.6 Å². The molecule has 0 atom stereocenters. The largest absolute Gasteiger partial charge is 0.268 e. The van der Waals surface area contributed by atoms with E-state index in [1.807, 2.05) is 49.4 Å². The van der Waals surface area contributed by atoms with E-state index in [2.05, 4.69) is 11.1 Å². The highest BCUT2D eigenvalue weighted by atomic mass is 32.2. The van der Waals surface area contributed by atoms with Gasteiger partial charge in [0.2, 0.25) is 0 Å². The monoisotopic (exact) mass is 307 g/mol. The van der Waals surface area contributed by atoms with Crippen molar-refractivity contribution in [2.45, 2.75) is 12.1 Å². The second-order valence-electron chi connectivity index (χ2n) is 4.84. The van der Waals surface area contributed by atoms with Crippen LogP contribution in [0.25, 0.3) is 16.6 Å². The van der Waals surface area contributed by atoms with Gasteiger partial charge in [-0.15, -0.1) is 0 Å². The SMILES string of the molecule is Cc1cccc(-n2c(SCC#N)nc3ccccc3c2=O)c1. The average molecular weight is 307 g/mol. The van der Waals surface area contributed by atoms with Gasteiger partial charge in [0.1, 0.15) is 0 Å². The molecule has 5 heteroatoms. The number of nitrogens with zero attached hydrogens (tertiary/aromatic N) is 3. The molecule has 0 spiro atoms. The maximum Gasteiger partial charge on any atom is 0.266 e. The third kappa shape index (κ3) is 2.61. The molecule has 1 aromatic heterocycles. The van der Waals surface area contributed by atoms with Crippen LogP contribution in [0, 0.1) is 18.3 Å². The summed E-state index contributed by atoms with van der Waals surface area (Å²) in [6, 6.07) is 17.0. The first kappa shape index (κ1) is 14.4. The lowest BCUT2D eigenvalue weighted by Gasteiger charge is -2.12. The molecule has 0 bridgehead atoms. The summed E-state index contributed by atoms with van der Waals surface area (Å²) in [7, 11) is 0. The molecule has 0 saturated heterocycles. The lowest BCUT2D eigenvalue weighted by atomic mass is 10.2. The summed E-state index contributed by atoms with van der Waals surface area (Å²) in [5.74, 6) is 0.247. The number of hydrogen-bond acceptors (Lipinski definition) is 4. The van der Waals surface area contributed by atoms with Crippen LogP contribution in [-0.4, -0.2) is 15.3 Å². The first-order chi connectivity index (χ1) is 10.7. The molecule has 0 radical (unpaired) electrons. The minimum atomic E-state index is -0.114. The molecule has 0 N–H and O–H groups in total. The summed E-state index contributed by atoms with van der Waals surface area (Å²) in [5.41, 5.74) is 2.37. The maximum atomic E-state index is 12.9. The van der Waals surface area contributed by atoms with Gasteiger partial charge in [0.05, 0.1) is 28.4 Å². The Labute approximate surface area is 132 Å². The van der Waals surface area contributed by atoms with Crippen molar-refractivity contribution >= 4 is 22.7 Å². The van der Waals surface area contributed by atoms with Gasteiger partial charge in [-0.2, -0.15) is 5.26 Å². The molecule has 0 saturated carbocycles. The van der Waals surface area contributed by atoms with Crippen LogP contribution in [0.3, 0.4) is 0 Å². The zero-order chi connectivity index (χ0) is 15.5. The van der Waals surface area contributed by atoms with Crippen LogP contribution < -0.4 is 5.56 Å². The Kier molecular flexibility index (Phi) is 3.94. The minimum Gasteiger partial charge on any atom is -0.268 e. The van der Waals surface area contributed by atoms with Crippen LogP contribution in [0.1, 0.15) is 5.56 Å². The van der Waals surface area contributed by atoms with E-state index < -0.39 is 0 Å². The van der Waals surface area contributed by atoms with E-state index in [9.17, 15) is 4.79 Å². The van der Waals surface area contributed by atoms with Crippen molar-refractivity contribution in [2.75, 3.05) is 5.75 Å². The van der Waals surface area contributed by atoms with Crippen LogP contribution in [0.15, 0.2) is 58.5 Å². The maximum absolute atomic E-state index is 12.9. The van der Waals surface area contributed by atoms with Crippen molar-refractivity contribution in [1.82, 2.24) is 9.55 Å². The van der Waals surface area contributed by atoms with Gasteiger partial charge in [0, 0.05) is 0 Å². The van der Waals surface area contributed by atoms with E-state index in [4.69, 9.17) is 5.26 Å². The Hall–Kier alpha value is -2.58. The number of aromatic nitrogens is 2. The van der Waals surface area contributed by atoms with Crippen molar-refractivity contribution in [1.29, 1.82) is 5.26 Å². The summed E-state index contributed by atoms with van der Waals surface area (Å²) >= 11 is 1.27. The van der Waals surface area contributed by atoms with Crippen LogP contribution in [0.4, 0.5) is 0 Å². The Bertz CT molecular complexity index is 941. The van der Waals surface area contributed by atoms with Gasteiger partial charge in [0.25, 0.3) is 5.56 Å². The summed E-state index contributed by atoms with van der Waals surface area (Å²) in [5, 5.41) is 9.94. The molecule has 0 aliphatic heterocycles. The molecule has 1 heterocycles. The Morgan fingerprint density at radius 1 is 1.23 bits per heavy atom. The molecule has 0 fully saturated rings. The molecular weight excluding hydrogens is 294 g/mol. The zero-order valence-electron chi connectivity index (χ0n) is 12.0. The number of rotatable bonds is 3. The van der Waals surface area contributed by atoms with Gasteiger partial charge in [0.15, 0.2) is 5.16 Å². The number of aryl methyl sites for hydroxylation is 1. The third-order valence-electron chi connectivity index (χ3n) is 3.27. The molecule has 22 heavy (non-hydrogen) atoms. The Morgan fingerprint density at radius 3 is 2.82 bits per heavy atom. The van der Waals surface area contributed by atoms with Gasteiger partial charge in [-0.25, -0.2) is 4.98 Å². The number of nitriles is 1. The quantitative estimate of drug-likeness (QED) is 0.550.